The Labute approximate surface area is 113 Å². The summed E-state index contributed by atoms with van der Waals surface area (Å²) in [7, 11) is 6.52. The van der Waals surface area contributed by atoms with Crippen LogP contribution in [0.25, 0.3) is 0 Å². The van der Waals surface area contributed by atoms with Gasteiger partial charge in [0.2, 0.25) is 0 Å². The van der Waals surface area contributed by atoms with Gasteiger partial charge in [-0.15, -0.1) is 0 Å². The van der Waals surface area contributed by atoms with Gasteiger partial charge in [-0.1, -0.05) is 31.9 Å². The Morgan fingerprint density at radius 2 is 1.89 bits per heavy atom. The third-order valence-corrected chi connectivity index (χ3v) is 3.62. The van der Waals surface area contributed by atoms with Crippen LogP contribution >= 0.6 is 0 Å². The standard InChI is InChI=1S/C16H30N2/c1-5-6-7-8-10-15-11-9-12-16(15)18(4)14-13-17(2)3/h8,10H,5-7,9,11-14H2,1-4H3/b10-8-. The van der Waals surface area contributed by atoms with E-state index >= 15 is 0 Å². The molecule has 1 aliphatic rings. The molecule has 1 aliphatic carbocycles. The smallest absolute Gasteiger partial charge is 0.0299 e. The van der Waals surface area contributed by atoms with Gasteiger partial charge in [0.25, 0.3) is 0 Å². The van der Waals surface area contributed by atoms with E-state index in [0.717, 1.165) is 13.1 Å². The third kappa shape index (κ3) is 5.26. The van der Waals surface area contributed by atoms with Crippen LogP contribution < -0.4 is 0 Å². The summed E-state index contributed by atoms with van der Waals surface area (Å²) in [6, 6.07) is 0. The van der Waals surface area contributed by atoms with Gasteiger partial charge in [-0.3, -0.25) is 0 Å². The lowest BCUT2D eigenvalue weighted by molar-refractivity contribution is 0.321. The number of nitrogens with zero attached hydrogens (tertiary/aromatic N) is 2. The van der Waals surface area contributed by atoms with Crippen molar-refractivity contribution in [2.45, 2.75) is 45.4 Å². The van der Waals surface area contributed by atoms with Crippen molar-refractivity contribution in [1.29, 1.82) is 0 Å². The predicted molar refractivity (Wildman–Crippen MR) is 80.7 cm³/mol. The first kappa shape index (κ1) is 15.3. The molecule has 2 heteroatoms. The van der Waals surface area contributed by atoms with Crippen LogP contribution in [0.2, 0.25) is 0 Å². The Bertz CT molecular complexity index is 289. The molecule has 0 aliphatic heterocycles. The highest BCUT2D eigenvalue weighted by atomic mass is 15.2. The molecule has 0 atom stereocenters. The molecule has 0 saturated carbocycles. The maximum atomic E-state index is 2.45. The van der Waals surface area contributed by atoms with E-state index in [2.05, 4.69) is 50.0 Å². The summed E-state index contributed by atoms with van der Waals surface area (Å²) >= 11 is 0. The zero-order valence-electron chi connectivity index (χ0n) is 12.7. The van der Waals surface area contributed by atoms with E-state index in [1.54, 1.807) is 11.3 Å². The highest BCUT2D eigenvalue weighted by Gasteiger charge is 2.15. The van der Waals surface area contributed by atoms with Crippen molar-refractivity contribution >= 4 is 0 Å². The van der Waals surface area contributed by atoms with Crippen LogP contribution in [0.1, 0.15) is 45.4 Å². The topological polar surface area (TPSA) is 6.48 Å². The summed E-state index contributed by atoms with van der Waals surface area (Å²) in [6.45, 7) is 4.52. The van der Waals surface area contributed by atoms with Crippen molar-refractivity contribution in [1.82, 2.24) is 9.80 Å². The third-order valence-electron chi connectivity index (χ3n) is 3.62. The molecule has 0 unspecified atom stereocenters. The second-order valence-electron chi connectivity index (χ2n) is 5.59. The summed E-state index contributed by atoms with van der Waals surface area (Å²) in [5, 5.41) is 0. The lowest BCUT2D eigenvalue weighted by atomic mass is 10.1. The molecule has 0 saturated heterocycles. The van der Waals surface area contributed by atoms with Gasteiger partial charge in [-0.25, -0.2) is 0 Å². The number of unbranched alkanes of at least 4 members (excludes halogenated alkanes) is 2. The number of allylic oxidation sites excluding steroid dienone is 4. The highest BCUT2D eigenvalue weighted by molar-refractivity contribution is 5.28. The summed E-state index contributed by atoms with van der Waals surface area (Å²) < 4.78 is 0. The fraction of sp³-hybridized carbons (Fsp3) is 0.750. The van der Waals surface area contributed by atoms with E-state index in [4.69, 9.17) is 0 Å². The second kappa shape index (κ2) is 8.36. The Morgan fingerprint density at radius 1 is 1.11 bits per heavy atom. The van der Waals surface area contributed by atoms with Crippen LogP contribution in [0, 0.1) is 0 Å². The minimum atomic E-state index is 1.13. The minimum Gasteiger partial charge on any atom is -0.376 e. The molecule has 0 spiro atoms. The van der Waals surface area contributed by atoms with Crippen molar-refractivity contribution in [3.63, 3.8) is 0 Å². The molecule has 0 heterocycles. The van der Waals surface area contributed by atoms with Gasteiger partial charge in [-0.2, -0.15) is 0 Å². The lowest BCUT2D eigenvalue weighted by Gasteiger charge is -2.23. The molecule has 0 N–H and O–H groups in total. The van der Waals surface area contributed by atoms with Crippen LogP contribution in [0.15, 0.2) is 23.4 Å². The molecule has 1 rings (SSSR count). The number of hydrogen-bond donors (Lipinski definition) is 0. The van der Waals surface area contributed by atoms with Gasteiger partial charge < -0.3 is 9.80 Å². The van der Waals surface area contributed by atoms with Crippen LogP contribution in [0.3, 0.4) is 0 Å². The highest BCUT2D eigenvalue weighted by Crippen LogP contribution is 2.28. The molecule has 0 amide bonds. The fourth-order valence-electron chi connectivity index (χ4n) is 2.40. The van der Waals surface area contributed by atoms with Gasteiger partial charge in [-0.05, 0) is 45.4 Å². The largest absolute Gasteiger partial charge is 0.376 e. The average Bonchev–Trinajstić information content (AvgIpc) is 2.80. The Hall–Kier alpha value is -0.760. The van der Waals surface area contributed by atoms with E-state index in [9.17, 15) is 0 Å². The van der Waals surface area contributed by atoms with Gasteiger partial charge in [0.05, 0.1) is 0 Å². The minimum absolute atomic E-state index is 1.13. The SMILES string of the molecule is CCCC/C=C\C1=C(N(C)CCN(C)C)CCC1. The first-order valence-electron chi connectivity index (χ1n) is 7.39. The van der Waals surface area contributed by atoms with E-state index in [-0.39, 0.29) is 0 Å². The van der Waals surface area contributed by atoms with Crippen molar-refractivity contribution in [2.24, 2.45) is 0 Å². The van der Waals surface area contributed by atoms with Crippen LogP contribution in [-0.4, -0.2) is 44.0 Å². The summed E-state index contributed by atoms with van der Waals surface area (Å²) in [5.74, 6) is 0. The normalized spacial score (nSPS) is 16.3. The van der Waals surface area contributed by atoms with Gasteiger partial charge in [0.1, 0.15) is 0 Å². The molecule has 18 heavy (non-hydrogen) atoms. The van der Waals surface area contributed by atoms with Crippen LogP contribution in [0.4, 0.5) is 0 Å². The van der Waals surface area contributed by atoms with E-state index in [1.165, 1.54) is 38.5 Å². The van der Waals surface area contributed by atoms with Crippen LogP contribution in [0.5, 0.6) is 0 Å². The molecule has 0 aromatic heterocycles. The molecule has 0 radical (unpaired) electrons. The summed E-state index contributed by atoms with van der Waals surface area (Å²) in [6.07, 6.45) is 12.4. The van der Waals surface area contributed by atoms with Gasteiger partial charge >= 0.3 is 0 Å². The zero-order chi connectivity index (χ0) is 13.4. The van der Waals surface area contributed by atoms with Crippen molar-refractivity contribution in [3.05, 3.63) is 23.4 Å². The molecule has 0 bridgehead atoms. The van der Waals surface area contributed by atoms with E-state index in [1.807, 2.05) is 0 Å². The summed E-state index contributed by atoms with van der Waals surface area (Å²) in [4.78, 5) is 4.70. The second-order valence-corrected chi connectivity index (χ2v) is 5.59. The quantitative estimate of drug-likeness (QED) is 0.607. The van der Waals surface area contributed by atoms with Crippen molar-refractivity contribution < 1.29 is 0 Å². The maximum Gasteiger partial charge on any atom is 0.0299 e. The number of likely N-dealkylation sites (N-methyl/N-ethyl adjacent to an activating group) is 2. The van der Waals surface area contributed by atoms with Gasteiger partial charge in [0.15, 0.2) is 0 Å². The molecule has 0 aromatic carbocycles. The van der Waals surface area contributed by atoms with Crippen molar-refractivity contribution in [3.8, 4) is 0 Å². The van der Waals surface area contributed by atoms with Gasteiger partial charge in [0, 0.05) is 25.8 Å². The van der Waals surface area contributed by atoms with Crippen molar-refractivity contribution in [2.75, 3.05) is 34.2 Å². The van der Waals surface area contributed by atoms with E-state index in [0.29, 0.717) is 0 Å². The van der Waals surface area contributed by atoms with Crippen LogP contribution in [-0.2, 0) is 0 Å². The molecule has 0 aromatic rings. The first-order valence-corrected chi connectivity index (χ1v) is 7.39. The molecule has 2 nitrogen and oxygen atoms in total. The summed E-state index contributed by atoms with van der Waals surface area (Å²) in [5.41, 5.74) is 3.15. The lowest BCUT2D eigenvalue weighted by Crippen LogP contribution is -2.28. The monoisotopic (exact) mass is 250 g/mol. The Morgan fingerprint density at radius 3 is 2.56 bits per heavy atom. The molecular weight excluding hydrogens is 220 g/mol. The predicted octanol–water partition coefficient (Wildman–Crippen LogP) is 3.66. The number of hydrogen-bond acceptors (Lipinski definition) is 2. The maximum absolute atomic E-state index is 2.45. The first-order chi connectivity index (χ1) is 8.65. The number of rotatable bonds is 8. The Balaban J connectivity index is 2.51. The van der Waals surface area contributed by atoms with E-state index < -0.39 is 0 Å². The molecule has 0 fully saturated rings. The zero-order valence-corrected chi connectivity index (χ0v) is 12.7. The average molecular weight is 250 g/mol. The molecule has 104 valence electrons. The molecular formula is C16H30N2. The fourth-order valence-corrected chi connectivity index (χ4v) is 2.40. The Kier molecular flexibility index (Phi) is 7.11.